The molecular weight excluding hydrogens is 473 g/mol. The minimum atomic E-state index is -2.49. The van der Waals surface area contributed by atoms with Crippen molar-refractivity contribution < 1.29 is 0 Å². The minimum absolute atomic E-state index is 1.24. The van der Waals surface area contributed by atoms with Gasteiger partial charge in [-0.1, -0.05) is 0 Å². The molecule has 144 valence electrons. The Bertz CT molecular complexity index is 977. The van der Waals surface area contributed by atoms with Crippen molar-refractivity contribution in [3.63, 3.8) is 0 Å². The molecule has 1 aromatic heterocycles. The molecule has 0 saturated carbocycles. The van der Waals surface area contributed by atoms with Crippen molar-refractivity contribution in [1.82, 2.24) is 4.98 Å². The molecule has 4 rings (SSSR count). The van der Waals surface area contributed by atoms with Crippen LogP contribution in [-0.2, 0) is 0 Å². The van der Waals surface area contributed by atoms with E-state index in [1.807, 2.05) is 0 Å². The predicted octanol–water partition coefficient (Wildman–Crippen LogP) is 3.00. The van der Waals surface area contributed by atoms with Gasteiger partial charge in [-0.2, -0.15) is 0 Å². The third kappa shape index (κ3) is 3.84. The summed E-state index contributed by atoms with van der Waals surface area (Å²) in [5.41, 5.74) is 0. The Morgan fingerprint density at radius 2 is 0.931 bits per heavy atom. The van der Waals surface area contributed by atoms with Crippen molar-refractivity contribution in [3.05, 3.63) is 109 Å². The van der Waals surface area contributed by atoms with Crippen LogP contribution >= 0.6 is 0 Å². The number of hydrogen-bond donors (Lipinski definition) is 0. The van der Waals surface area contributed by atoms with E-state index in [0.29, 0.717) is 0 Å². The van der Waals surface area contributed by atoms with E-state index in [-0.39, 0.29) is 0 Å². The number of hydrogen-bond acceptors (Lipinski definition) is 1. The summed E-state index contributed by atoms with van der Waals surface area (Å²) in [7, 11) is -2.49. The predicted molar refractivity (Wildman–Crippen MR) is 131 cm³/mol. The Labute approximate surface area is 179 Å². The first-order chi connectivity index (χ1) is 14.0. The van der Waals surface area contributed by atoms with E-state index in [1.54, 1.807) is 0 Å². The second kappa shape index (κ2) is 8.29. The van der Waals surface area contributed by atoms with Crippen LogP contribution in [0, 0.1) is 0 Å². The Kier molecular flexibility index (Phi) is 5.75. The van der Waals surface area contributed by atoms with Crippen molar-refractivity contribution >= 4 is 51.0 Å². The van der Waals surface area contributed by atoms with Gasteiger partial charge in [0.15, 0.2) is 0 Å². The van der Waals surface area contributed by atoms with Gasteiger partial charge in [-0.3, -0.25) is 0 Å². The molecule has 0 fully saturated rings. The quantitative estimate of drug-likeness (QED) is 0.304. The van der Waals surface area contributed by atoms with E-state index in [9.17, 15) is 0 Å². The van der Waals surface area contributed by atoms with Crippen LogP contribution in [0.3, 0.4) is 0 Å². The van der Waals surface area contributed by atoms with Crippen LogP contribution in [-0.4, -0.2) is 31.4 Å². The molecule has 0 spiro atoms. The SMILES string of the molecule is [CH3][Sn]([CH3])([CH3])[c]1cccc([Si](c2ccccc2)(c2ccccc2)c2ccccc2)n1. The number of benzene rings is 3. The number of nitrogens with zero attached hydrogens (tertiary/aromatic N) is 1. The summed E-state index contributed by atoms with van der Waals surface area (Å²) >= 11 is -2.32. The topological polar surface area (TPSA) is 12.9 Å². The molecule has 0 bridgehead atoms. The zero-order valence-electron chi connectivity index (χ0n) is 17.3. The molecule has 0 saturated heterocycles. The molecule has 1 heterocycles. The van der Waals surface area contributed by atoms with Crippen LogP contribution in [0.4, 0.5) is 0 Å². The average molecular weight is 500 g/mol. The fourth-order valence-corrected chi connectivity index (χ4v) is 12.0. The van der Waals surface area contributed by atoms with Crippen LogP contribution in [0.5, 0.6) is 0 Å². The Morgan fingerprint density at radius 1 is 0.517 bits per heavy atom. The normalized spacial score (nSPS) is 12.0. The van der Waals surface area contributed by atoms with Crippen molar-refractivity contribution in [2.24, 2.45) is 0 Å². The molecule has 0 atom stereocenters. The van der Waals surface area contributed by atoms with Crippen molar-refractivity contribution in [2.75, 3.05) is 0 Å². The fraction of sp³-hybridized carbons (Fsp3) is 0.115. The second-order valence-electron chi connectivity index (χ2n) is 8.51. The molecule has 3 heteroatoms. The molecule has 0 unspecified atom stereocenters. The van der Waals surface area contributed by atoms with Gasteiger partial charge in [-0.05, 0) is 0 Å². The molecule has 0 aliphatic rings. The second-order valence-corrected chi connectivity index (χ2v) is 26.6. The summed E-state index contributed by atoms with van der Waals surface area (Å²) in [5.74, 6) is 0. The summed E-state index contributed by atoms with van der Waals surface area (Å²) in [6.45, 7) is 0. The van der Waals surface area contributed by atoms with E-state index in [4.69, 9.17) is 4.98 Å². The van der Waals surface area contributed by atoms with E-state index in [1.165, 1.54) is 24.6 Å². The van der Waals surface area contributed by atoms with Crippen LogP contribution in [0.25, 0.3) is 0 Å². The van der Waals surface area contributed by atoms with Crippen LogP contribution < -0.4 is 24.6 Å². The maximum absolute atomic E-state index is 5.40. The summed E-state index contributed by atoms with van der Waals surface area (Å²) in [5, 5.41) is 5.38. The van der Waals surface area contributed by atoms with Gasteiger partial charge in [0.05, 0.1) is 0 Å². The van der Waals surface area contributed by atoms with E-state index >= 15 is 0 Å². The third-order valence-electron chi connectivity index (χ3n) is 5.52. The number of pyridine rings is 1. The summed E-state index contributed by atoms with van der Waals surface area (Å²) in [6.07, 6.45) is 0. The third-order valence-corrected chi connectivity index (χ3v) is 15.3. The first-order valence-corrected chi connectivity index (χ1v) is 22.2. The first kappa shape index (κ1) is 20.1. The Morgan fingerprint density at radius 3 is 1.31 bits per heavy atom. The molecule has 3 aromatic carbocycles. The average Bonchev–Trinajstić information content (AvgIpc) is 2.76. The fourth-order valence-electron chi connectivity index (χ4n) is 4.07. The van der Waals surface area contributed by atoms with Gasteiger partial charge in [0.2, 0.25) is 0 Å². The molecule has 1 nitrogen and oxygen atoms in total. The van der Waals surface area contributed by atoms with Crippen LogP contribution in [0.2, 0.25) is 14.8 Å². The molecule has 0 N–H and O–H groups in total. The van der Waals surface area contributed by atoms with Gasteiger partial charge in [0.1, 0.15) is 0 Å². The standard InChI is InChI=1S/C23H18NSi.3CH3.Sn/c1-4-12-20(13-5-1)25(21-14-6-2-7-15-21,22-16-8-3-9-17-22)23-18-10-11-19-24-23;;;;/h1-18H;3*1H3;. The molecular formula is C26H27NSiSn. The zero-order chi connectivity index (χ0) is 20.3. The zero-order valence-corrected chi connectivity index (χ0v) is 21.2. The molecule has 4 aromatic rings. The van der Waals surface area contributed by atoms with E-state index in [2.05, 4.69) is 124 Å². The van der Waals surface area contributed by atoms with Crippen molar-refractivity contribution in [1.29, 1.82) is 0 Å². The summed E-state index contributed by atoms with van der Waals surface area (Å²) in [6, 6.07) is 39.8. The van der Waals surface area contributed by atoms with Gasteiger partial charge < -0.3 is 0 Å². The Hall–Kier alpha value is -2.17. The summed E-state index contributed by atoms with van der Waals surface area (Å²) in [4.78, 5) is 12.7. The van der Waals surface area contributed by atoms with Gasteiger partial charge in [-0.15, -0.1) is 0 Å². The van der Waals surface area contributed by atoms with Gasteiger partial charge in [0.25, 0.3) is 0 Å². The molecule has 0 aliphatic heterocycles. The van der Waals surface area contributed by atoms with E-state index < -0.39 is 26.5 Å². The van der Waals surface area contributed by atoms with Gasteiger partial charge in [-0.25, -0.2) is 0 Å². The van der Waals surface area contributed by atoms with Gasteiger partial charge in [0, 0.05) is 0 Å². The first-order valence-electron chi connectivity index (χ1n) is 10.2. The number of aromatic nitrogens is 1. The maximum atomic E-state index is 5.40. The number of rotatable bonds is 5. The Balaban J connectivity index is 2.12. The monoisotopic (exact) mass is 501 g/mol. The summed E-state index contributed by atoms with van der Waals surface area (Å²) < 4.78 is 1.34. The van der Waals surface area contributed by atoms with Crippen molar-refractivity contribution in [2.45, 2.75) is 14.8 Å². The van der Waals surface area contributed by atoms with Gasteiger partial charge >= 0.3 is 180 Å². The van der Waals surface area contributed by atoms with Crippen molar-refractivity contribution in [3.8, 4) is 0 Å². The molecule has 0 aliphatic carbocycles. The molecule has 0 radical (unpaired) electrons. The van der Waals surface area contributed by atoms with Crippen LogP contribution in [0.15, 0.2) is 109 Å². The van der Waals surface area contributed by atoms with E-state index in [0.717, 1.165) is 0 Å². The molecule has 0 amide bonds. The van der Waals surface area contributed by atoms with Crippen LogP contribution in [0.1, 0.15) is 0 Å². The molecule has 29 heavy (non-hydrogen) atoms.